The van der Waals surface area contributed by atoms with E-state index in [1.165, 1.54) is 6.33 Å². The van der Waals surface area contributed by atoms with Gasteiger partial charge < -0.3 is 19.5 Å². The topological polar surface area (TPSA) is 78.4 Å². The Hall–Kier alpha value is -3.87. The van der Waals surface area contributed by atoms with E-state index in [-0.39, 0.29) is 0 Å². The number of nitrogens with zero attached hydrogens (tertiary/aromatic N) is 3. The summed E-state index contributed by atoms with van der Waals surface area (Å²) in [6.07, 6.45) is 5.04. The van der Waals surface area contributed by atoms with Gasteiger partial charge in [0.05, 0.1) is 19.7 Å². The number of fused-ring (bicyclic) bond motifs is 1. The van der Waals surface area contributed by atoms with Crippen molar-refractivity contribution >= 4 is 22.4 Å². The zero-order valence-electron chi connectivity index (χ0n) is 17.0. The van der Waals surface area contributed by atoms with Crippen molar-refractivity contribution in [1.82, 2.24) is 15.0 Å². The summed E-state index contributed by atoms with van der Waals surface area (Å²) in [5.41, 5.74) is 3.76. The summed E-state index contributed by atoms with van der Waals surface area (Å²) in [5, 5.41) is 4.20. The van der Waals surface area contributed by atoms with E-state index in [2.05, 4.69) is 20.3 Å². The largest absolute Gasteiger partial charge is 0.493 e. The highest BCUT2D eigenvalue weighted by Gasteiger charge is 2.11. The third-order valence-corrected chi connectivity index (χ3v) is 4.72. The zero-order valence-corrected chi connectivity index (χ0v) is 17.0. The third-order valence-electron chi connectivity index (χ3n) is 4.72. The molecule has 152 valence electrons. The Labute approximate surface area is 174 Å². The van der Waals surface area contributed by atoms with E-state index in [1.54, 1.807) is 26.6 Å². The van der Waals surface area contributed by atoms with E-state index in [1.807, 2.05) is 49.4 Å². The van der Waals surface area contributed by atoms with Crippen LogP contribution in [0, 0.1) is 6.92 Å². The summed E-state index contributed by atoms with van der Waals surface area (Å²) < 4.78 is 16.7. The second kappa shape index (κ2) is 8.65. The molecule has 0 amide bonds. The van der Waals surface area contributed by atoms with Crippen molar-refractivity contribution in [2.45, 2.75) is 13.5 Å². The molecule has 0 radical (unpaired) electrons. The van der Waals surface area contributed by atoms with Gasteiger partial charge in [0.1, 0.15) is 24.5 Å². The van der Waals surface area contributed by atoms with Crippen LogP contribution in [0.15, 0.2) is 61.2 Å². The number of hydrogen-bond acceptors (Lipinski definition) is 7. The molecule has 2 heterocycles. The number of pyridine rings is 1. The summed E-state index contributed by atoms with van der Waals surface area (Å²) in [6, 6.07) is 13.5. The second-order valence-electron chi connectivity index (χ2n) is 6.70. The molecule has 0 saturated heterocycles. The zero-order chi connectivity index (χ0) is 20.9. The second-order valence-corrected chi connectivity index (χ2v) is 6.70. The van der Waals surface area contributed by atoms with Gasteiger partial charge in [-0.25, -0.2) is 9.97 Å². The fourth-order valence-electron chi connectivity index (χ4n) is 3.15. The molecule has 0 aliphatic heterocycles. The van der Waals surface area contributed by atoms with Crippen LogP contribution in [0.2, 0.25) is 0 Å². The van der Waals surface area contributed by atoms with E-state index in [0.717, 1.165) is 33.5 Å². The molecule has 0 aliphatic rings. The Kier molecular flexibility index (Phi) is 5.61. The van der Waals surface area contributed by atoms with Crippen LogP contribution in [-0.4, -0.2) is 29.2 Å². The number of aromatic nitrogens is 3. The molecular weight excluding hydrogens is 380 g/mol. The van der Waals surface area contributed by atoms with Gasteiger partial charge in [0.2, 0.25) is 0 Å². The van der Waals surface area contributed by atoms with Crippen molar-refractivity contribution in [2.75, 3.05) is 19.5 Å². The summed E-state index contributed by atoms with van der Waals surface area (Å²) >= 11 is 0. The smallest absolute Gasteiger partial charge is 0.162 e. The van der Waals surface area contributed by atoms with Gasteiger partial charge in [-0.05, 0) is 54.4 Å². The first kappa shape index (κ1) is 19.4. The first-order chi connectivity index (χ1) is 14.7. The predicted molar refractivity (Wildman–Crippen MR) is 116 cm³/mol. The lowest BCUT2D eigenvalue weighted by atomic mass is 10.1. The van der Waals surface area contributed by atoms with Gasteiger partial charge in [-0.3, -0.25) is 4.98 Å². The van der Waals surface area contributed by atoms with Gasteiger partial charge in [-0.15, -0.1) is 0 Å². The SMILES string of the molecule is COc1cc2ncnc(Nc3ccc(OCc4ccncc4)c(C)c3)c2cc1OC. The van der Waals surface area contributed by atoms with Crippen LogP contribution in [-0.2, 0) is 6.61 Å². The molecule has 4 rings (SSSR count). The van der Waals surface area contributed by atoms with Crippen LogP contribution in [0.4, 0.5) is 11.5 Å². The van der Waals surface area contributed by atoms with Crippen molar-refractivity contribution < 1.29 is 14.2 Å². The molecule has 0 fully saturated rings. The van der Waals surface area contributed by atoms with Crippen molar-refractivity contribution in [3.05, 3.63) is 72.3 Å². The number of hydrogen-bond donors (Lipinski definition) is 1. The number of anilines is 2. The molecule has 2 aromatic heterocycles. The van der Waals surface area contributed by atoms with Gasteiger partial charge in [0.25, 0.3) is 0 Å². The van der Waals surface area contributed by atoms with E-state index >= 15 is 0 Å². The lowest BCUT2D eigenvalue weighted by Gasteiger charge is -2.14. The molecule has 0 bridgehead atoms. The number of ether oxygens (including phenoxy) is 3. The van der Waals surface area contributed by atoms with Gasteiger partial charge in [0, 0.05) is 29.5 Å². The molecule has 0 spiro atoms. The molecule has 0 unspecified atom stereocenters. The van der Waals surface area contributed by atoms with Crippen LogP contribution >= 0.6 is 0 Å². The fraction of sp³-hybridized carbons (Fsp3) is 0.174. The van der Waals surface area contributed by atoms with Gasteiger partial charge in [-0.2, -0.15) is 0 Å². The van der Waals surface area contributed by atoms with Crippen molar-refractivity contribution in [1.29, 1.82) is 0 Å². The number of benzene rings is 2. The monoisotopic (exact) mass is 402 g/mol. The maximum atomic E-state index is 5.94. The minimum Gasteiger partial charge on any atom is -0.493 e. The Bertz CT molecular complexity index is 1170. The molecule has 30 heavy (non-hydrogen) atoms. The van der Waals surface area contributed by atoms with Crippen LogP contribution < -0.4 is 19.5 Å². The summed E-state index contributed by atoms with van der Waals surface area (Å²) in [5.74, 6) is 2.77. The maximum Gasteiger partial charge on any atom is 0.162 e. The molecule has 2 aromatic carbocycles. The Morgan fingerprint density at radius 3 is 2.37 bits per heavy atom. The lowest BCUT2D eigenvalue weighted by Crippen LogP contribution is -2.00. The number of aryl methyl sites for hydroxylation is 1. The van der Waals surface area contributed by atoms with Crippen molar-refractivity contribution in [2.24, 2.45) is 0 Å². The van der Waals surface area contributed by atoms with Gasteiger partial charge in [-0.1, -0.05) is 0 Å². The van der Waals surface area contributed by atoms with E-state index in [0.29, 0.717) is 23.9 Å². The first-order valence-corrected chi connectivity index (χ1v) is 9.44. The van der Waals surface area contributed by atoms with Gasteiger partial charge in [0.15, 0.2) is 11.5 Å². The number of rotatable bonds is 7. The standard InChI is InChI=1S/C23H22N4O3/c1-15-10-17(4-5-20(15)30-13-16-6-8-24-9-7-16)27-23-18-11-21(28-2)22(29-3)12-19(18)25-14-26-23/h4-12,14H,13H2,1-3H3,(H,25,26,27). The van der Waals surface area contributed by atoms with Crippen LogP contribution in [0.25, 0.3) is 10.9 Å². The van der Waals surface area contributed by atoms with Crippen molar-refractivity contribution in [3.8, 4) is 17.2 Å². The molecule has 7 heteroatoms. The molecule has 0 atom stereocenters. The first-order valence-electron chi connectivity index (χ1n) is 9.44. The number of methoxy groups -OCH3 is 2. The summed E-state index contributed by atoms with van der Waals surface area (Å²) in [4.78, 5) is 12.8. The van der Waals surface area contributed by atoms with Crippen molar-refractivity contribution in [3.63, 3.8) is 0 Å². The van der Waals surface area contributed by atoms with Gasteiger partial charge >= 0.3 is 0 Å². The maximum absolute atomic E-state index is 5.94. The molecule has 0 aliphatic carbocycles. The minimum atomic E-state index is 0.494. The fourth-order valence-corrected chi connectivity index (χ4v) is 3.15. The lowest BCUT2D eigenvalue weighted by molar-refractivity contribution is 0.304. The third kappa shape index (κ3) is 4.10. The van der Waals surface area contributed by atoms with Crippen LogP contribution in [0.5, 0.6) is 17.2 Å². The predicted octanol–water partition coefficient (Wildman–Crippen LogP) is 4.67. The van der Waals surface area contributed by atoms with Crippen LogP contribution in [0.3, 0.4) is 0 Å². The molecule has 4 aromatic rings. The quantitative estimate of drug-likeness (QED) is 0.481. The summed E-state index contributed by atoms with van der Waals surface area (Å²) in [7, 11) is 3.21. The highest BCUT2D eigenvalue weighted by molar-refractivity contribution is 5.93. The Morgan fingerprint density at radius 2 is 1.63 bits per heavy atom. The van der Waals surface area contributed by atoms with Crippen LogP contribution in [0.1, 0.15) is 11.1 Å². The Balaban J connectivity index is 1.57. The van der Waals surface area contributed by atoms with E-state index in [9.17, 15) is 0 Å². The normalized spacial score (nSPS) is 10.6. The molecule has 7 nitrogen and oxygen atoms in total. The number of nitrogens with one attached hydrogen (secondary N) is 1. The molecular formula is C23H22N4O3. The van der Waals surface area contributed by atoms with E-state index in [4.69, 9.17) is 14.2 Å². The average molecular weight is 402 g/mol. The van der Waals surface area contributed by atoms with E-state index < -0.39 is 0 Å². The minimum absolute atomic E-state index is 0.494. The molecule has 1 N–H and O–H groups in total. The average Bonchev–Trinajstić information content (AvgIpc) is 2.78. The highest BCUT2D eigenvalue weighted by Crippen LogP contribution is 2.34. The Morgan fingerprint density at radius 1 is 0.867 bits per heavy atom. The summed E-state index contributed by atoms with van der Waals surface area (Å²) in [6.45, 7) is 2.51. The highest BCUT2D eigenvalue weighted by atomic mass is 16.5. The molecule has 0 saturated carbocycles.